The highest BCUT2D eigenvalue weighted by atomic mass is 19.3. The molecular weight excluding hydrogens is 388 g/mol. The average molecular weight is 425 g/mol. The Kier molecular flexibility index (Phi) is 8.95. The highest BCUT2D eigenvalue weighted by Gasteiger charge is 2.65. The van der Waals surface area contributed by atoms with Crippen LogP contribution in [-0.4, -0.2) is 36.6 Å². The molecule has 0 unspecified atom stereocenters. The molecule has 0 aliphatic heterocycles. The molecular formula is C22H36F4O3. The largest absolute Gasteiger partial charge is 0.350 e. The van der Waals surface area contributed by atoms with Crippen LogP contribution in [-0.2, 0) is 14.3 Å². The molecule has 29 heavy (non-hydrogen) atoms. The summed E-state index contributed by atoms with van der Waals surface area (Å²) in [6, 6.07) is 0. The van der Waals surface area contributed by atoms with Gasteiger partial charge in [0.15, 0.2) is 5.79 Å². The molecule has 0 N–H and O–H groups in total. The van der Waals surface area contributed by atoms with Gasteiger partial charge in [-0.2, -0.15) is 17.6 Å². The zero-order valence-electron chi connectivity index (χ0n) is 17.8. The lowest BCUT2D eigenvalue weighted by Gasteiger charge is -2.44. The van der Waals surface area contributed by atoms with E-state index < -0.39 is 29.5 Å². The predicted octanol–water partition coefficient (Wildman–Crippen LogP) is 6.54. The molecule has 0 aromatic carbocycles. The summed E-state index contributed by atoms with van der Waals surface area (Å²) in [4.78, 5) is 11.3. The number of rotatable bonds is 11. The second-order valence-electron chi connectivity index (χ2n) is 8.65. The number of carbonyl (C=O) groups excluding carboxylic acids is 1. The Hall–Kier alpha value is -0.690. The summed E-state index contributed by atoms with van der Waals surface area (Å²) in [7, 11) is 0. The molecule has 2 aliphatic rings. The van der Waals surface area contributed by atoms with Gasteiger partial charge in [0.05, 0.1) is 13.2 Å². The second-order valence-corrected chi connectivity index (χ2v) is 8.65. The van der Waals surface area contributed by atoms with Crippen LogP contribution >= 0.6 is 0 Å². The summed E-state index contributed by atoms with van der Waals surface area (Å²) < 4.78 is 71.2. The number of unbranched alkanes of at least 4 members (excludes halogenated alkanes) is 2. The fourth-order valence-electron chi connectivity index (χ4n) is 4.40. The molecule has 0 bridgehead atoms. The van der Waals surface area contributed by atoms with Crippen LogP contribution < -0.4 is 0 Å². The topological polar surface area (TPSA) is 35.5 Å². The van der Waals surface area contributed by atoms with Crippen LogP contribution in [0, 0.1) is 11.8 Å². The molecule has 0 amide bonds. The first kappa shape index (κ1) is 24.6. The van der Waals surface area contributed by atoms with Crippen molar-refractivity contribution >= 4 is 5.78 Å². The smallest absolute Gasteiger partial charge is 0.313 e. The summed E-state index contributed by atoms with van der Waals surface area (Å²) in [6.07, 6.45) is 3.54. The zero-order valence-corrected chi connectivity index (χ0v) is 17.8. The highest BCUT2D eigenvalue weighted by molar-refractivity contribution is 5.79. The van der Waals surface area contributed by atoms with E-state index in [2.05, 4.69) is 0 Å². The number of halogens is 4. The monoisotopic (exact) mass is 424 g/mol. The molecule has 2 fully saturated rings. The number of alkyl halides is 4. The maximum atomic E-state index is 14.9. The van der Waals surface area contributed by atoms with Crippen molar-refractivity contribution in [2.75, 3.05) is 13.2 Å². The molecule has 0 aromatic heterocycles. The molecule has 0 spiro atoms. The molecule has 3 nitrogen and oxygen atoms in total. The van der Waals surface area contributed by atoms with Crippen LogP contribution in [0.4, 0.5) is 17.6 Å². The van der Waals surface area contributed by atoms with E-state index in [-0.39, 0.29) is 57.1 Å². The Morgan fingerprint density at radius 3 is 1.66 bits per heavy atom. The van der Waals surface area contributed by atoms with E-state index in [0.717, 1.165) is 25.7 Å². The fourth-order valence-corrected chi connectivity index (χ4v) is 4.40. The molecule has 2 rings (SSSR count). The van der Waals surface area contributed by atoms with Crippen LogP contribution in [0.2, 0.25) is 0 Å². The van der Waals surface area contributed by atoms with Gasteiger partial charge in [0, 0.05) is 37.5 Å². The van der Waals surface area contributed by atoms with Crippen LogP contribution in [0.1, 0.15) is 90.9 Å². The first-order valence-electron chi connectivity index (χ1n) is 11.2. The Morgan fingerprint density at radius 1 is 0.828 bits per heavy atom. The van der Waals surface area contributed by atoms with Crippen molar-refractivity contribution in [3.63, 3.8) is 0 Å². The molecule has 7 heteroatoms. The molecule has 0 saturated heterocycles. The number of Topliss-reactive ketones (excluding diaryl/α,β-unsaturated/α-hetero) is 1. The van der Waals surface area contributed by atoms with Crippen LogP contribution in [0.15, 0.2) is 0 Å². The molecule has 2 aliphatic carbocycles. The minimum Gasteiger partial charge on any atom is -0.350 e. The third-order valence-corrected chi connectivity index (χ3v) is 6.49. The lowest BCUT2D eigenvalue weighted by molar-refractivity contribution is -0.294. The van der Waals surface area contributed by atoms with Crippen LogP contribution in [0.25, 0.3) is 0 Å². The number of ketones is 1. The predicted molar refractivity (Wildman–Crippen MR) is 103 cm³/mol. The van der Waals surface area contributed by atoms with Crippen molar-refractivity contribution < 1.29 is 31.8 Å². The van der Waals surface area contributed by atoms with Crippen molar-refractivity contribution in [3.8, 4) is 0 Å². The summed E-state index contributed by atoms with van der Waals surface area (Å²) in [5, 5.41) is 0. The highest BCUT2D eigenvalue weighted by Crippen LogP contribution is 2.53. The van der Waals surface area contributed by atoms with E-state index in [4.69, 9.17) is 9.47 Å². The van der Waals surface area contributed by atoms with Crippen molar-refractivity contribution in [1.29, 1.82) is 0 Å². The minimum absolute atomic E-state index is 0.0271. The number of hydrogen-bond acceptors (Lipinski definition) is 3. The maximum Gasteiger partial charge on any atom is 0.313 e. The summed E-state index contributed by atoms with van der Waals surface area (Å²) in [5.41, 5.74) is 0. The van der Waals surface area contributed by atoms with Gasteiger partial charge in [0.25, 0.3) is 0 Å². The Labute approximate surface area is 171 Å². The van der Waals surface area contributed by atoms with E-state index in [1.165, 1.54) is 0 Å². The Bertz CT molecular complexity index is 494. The van der Waals surface area contributed by atoms with Crippen molar-refractivity contribution in [3.05, 3.63) is 0 Å². The van der Waals surface area contributed by atoms with Gasteiger partial charge >= 0.3 is 11.8 Å². The SMILES string of the molecule is CCCCOC1(OCCCC)CCC(C(F)(F)C(F)(F)C2CCC(=O)CC2)CC1. The summed E-state index contributed by atoms with van der Waals surface area (Å²) in [5.74, 6) is -12.0. The van der Waals surface area contributed by atoms with E-state index in [9.17, 15) is 22.4 Å². The molecule has 0 atom stereocenters. The first-order chi connectivity index (χ1) is 13.7. The van der Waals surface area contributed by atoms with Gasteiger partial charge in [-0.3, -0.25) is 4.79 Å². The quantitative estimate of drug-likeness (QED) is 0.215. The van der Waals surface area contributed by atoms with E-state index in [1.807, 2.05) is 13.8 Å². The third-order valence-electron chi connectivity index (χ3n) is 6.49. The van der Waals surface area contributed by atoms with E-state index in [0.29, 0.717) is 13.2 Å². The van der Waals surface area contributed by atoms with Gasteiger partial charge in [0.1, 0.15) is 5.78 Å². The van der Waals surface area contributed by atoms with Gasteiger partial charge in [-0.05, 0) is 38.5 Å². The van der Waals surface area contributed by atoms with Crippen LogP contribution in [0.3, 0.4) is 0 Å². The Morgan fingerprint density at radius 2 is 1.24 bits per heavy atom. The van der Waals surface area contributed by atoms with Crippen molar-refractivity contribution in [2.24, 2.45) is 11.8 Å². The van der Waals surface area contributed by atoms with Gasteiger partial charge in [-0.15, -0.1) is 0 Å². The zero-order chi connectivity index (χ0) is 21.5. The van der Waals surface area contributed by atoms with Crippen molar-refractivity contribution in [1.82, 2.24) is 0 Å². The first-order valence-corrected chi connectivity index (χ1v) is 11.2. The third kappa shape index (κ3) is 5.93. The fraction of sp³-hybridized carbons (Fsp3) is 0.955. The van der Waals surface area contributed by atoms with E-state index >= 15 is 0 Å². The number of ether oxygens (including phenoxy) is 2. The number of hydrogen-bond donors (Lipinski definition) is 0. The van der Waals surface area contributed by atoms with Gasteiger partial charge in [-0.25, -0.2) is 0 Å². The lowest BCUT2D eigenvalue weighted by Crippen LogP contribution is -2.54. The second kappa shape index (κ2) is 10.6. The Balaban J connectivity index is 2.01. The van der Waals surface area contributed by atoms with Crippen LogP contribution in [0.5, 0.6) is 0 Å². The maximum absolute atomic E-state index is 14.9. The number of carbonyl (C=O) groups is 1. The molecule has 0 radical (unpaired) electrons. The normalized spacial score (nSPS) is 22.2. The summed E-state index contributed by atoms with van der Waals surface area (Å²) in [6.45, 7) is 5.03. The van der Waals surface area contributed by atoms with Gasteiger partial charge in [0.2, 0.25) is 0 Å². The molecule has 170 valence electrons. The van der Waals surface area contributed by atoms with Gasteiger partial charge < -0.3 is 9.47 Å². The standard InChI is InChI=1S/C22H36F4O3/c1-3-5-15-28-20(29-16-6-4-2)13-11-18(12-14-20)22(25,26)21(23,24)17-7-9-19(27)10-8-17/h17-18H,3-16H2,1-2H3. The summed E-state index contributed by atoms with van der Waals surface area (Å²) >= 11 is 0. The molecule has 0 heterocycles. The molecule has 2 saturated carbocycles. The lowest BCUT2D eigenvalue weighted by atomic mass is 9.74. The van der Waals surface area contributed by atoms with E-state index in [1.54, 1.807) is 0 Å². The minimum atomic E-state index is -4.09. The molecule has 0 aromatic rings. The van der Waals surface area contributed by atoms with Gasteiger partial charge in [-0.1, -0.05) is 26.7 Å². The van der Waals surface area contributed by atoms with Crippen molar-refractivity contribution in [2.45, 2.75) is 109 Å². The average Bonchev–Trinajstić information content (AvgIpc) is 2.69.